The topological polar surface area (TPSA) is 88.1 Å². The van der Waals surface area contributed by atoms with Crippen molar-refractivity contribution in [3.8, 4) is 10.6 Å². The Morgan fingerprint density at radius 2 is 1.93 bits per heavy atom. The Morgan fingerprint density at radius 1 is 1.15 bits per heavy atom. The van der Waals surface area contributed by atoms with Gasteiger partial charge in [-0.05, 0) is 31.2 Å². The third kappa shape index (κ3) is 4.29. The molecule has 3 aromatic rings. The van der Waals surface area contributed by atoms with Gasteiger partial charge in [0.1, 0.15) is 10.7 Å². The molecule has 27 heavy (non-hydrogen) atoms. The fraction of sp³-hybridized carbons (Fsp3) is 0.167. The highest BCUT2D eigenvalue weighted by Crippen LogP contribution is 2.28. The first-order valence-electron chi connectivity index (χ1n) is 7.95. The van der Waals surface area contributed by atoms with Gasteiger partial charge in [0.2, 0.25) is 5.13 Å². The van der Waals surface area contributed by atoms with Crippen molar-refractivity contribution in [1.82, 2.24) is 20.1 Å². The minimum atomic E-state index is -0.363. The molecule has 0 unspecified atom stereocenters. The first-order chi connectivity index (χ1) is 12.8. The monoisotopic (exact) mass is 401 g/mol. The van der Waals surface area contributed by atoms with E-state index >= 15 is 0 Å². The molecule has 7 nitrogen and oxygen atoms in total. The van der Waals surface area contributed by atoms with Crippen LogP contribution >= 0.6 is 22.9 Å². The minimum Gasteiger partial charge on any atom is -0.343 e. The molecule has 0 fully saturated rings. The van der Waals surface area contributed by atoms with Crippen molar-refractivity contribution in [3.63, 3.8) is 0 Å². The predicted molar refractivity (Wildman–Crippen MR) is 105 cm³/mol. The summed E-state index contributed by atoms with van der Waals surface area (Å²) in [6, 6.07) is 10.3. The second kappa shape index (κ2) is 7.81. The van der Waals surface area contributed by atoms with E-state index in [1.807, 2.05) is 12.1 Å². The van der Waals surface area contributed by atoms with Crippen molar-refractivity contribution in [2.24, 2.45) is 0 Å². The van der Waals surface area contributed by atoms with E-state index in [1.54, 1.807) is 39.2 Å². The average molecular weight is 402 g/mol. The maximum Gasteiger partial charge on any atom is 0.271 e. The fourth-order valence-electron chi connectivity index (χ4n) is 2.33. The number of pyridine rings is 1. The molecule has 1 N–H and O–H groups in total. The number of halogens is 1. The summed E-state index contributed by atoms with van der Waals surface area (Å²) in [6.07, 6.45) is 0. The number of benzene rings is 1. The molecular weight excluding hydrogens is 386 g/mol. The molecule has 2 heterocycles. The first-order valence-corrected chi connectivity index (χ1v) is 9.14. The maximum atomic E-state index is 12.5. The lowest BCUT2D eigenvalue weighted by Crippen LogP contribution is -2.23. The van der Waals surface area contributed by atoms with E-state index in [9.17, 15) is 9.59 Å². The van der Waals surface area contributed by atoms with Crippen LogP contribution in [0.15, 0.2) is 36.4 Å². The number of carbonyl (C=O) groups excluding carboxylic acids is 2. The second-order valence-electron chi connectivity index (χ2n) is 5.91. The smallest absolute Gasteiger partial charge is 0.271 e. The molecule has 2 aromatic heterocycles. The predicted octanol–water partition coefficient (Wildman–Crippen LogP) is 3.52. The molecule has 0 bridgehead atoms. The molecule has 0 spiro atoms. The largest absolute Gasteiger partial charge is 0.343 e. The van der Waals surface area contributed by atoms with Crippen molar-refractivity contribution in [1.29, 1.82) is 0 Å². The van der Waals surface area contributed by atoms with Crippen LogP contribution < -0.4 is 5.32 Å². The Hall–Kier alpha value is -2.84. The number of amides is 2. The van der Waals surface area contributed by atoms with Crippen molar-refractivity contribution < 1.29 is 9.59 Å². The van der Waals surface area contributed by atoms with Gasteiger partial charge in [0.25, 0.3) is 11.8 Å². The van der Waals surface area contributed by atoms with Crippen molar-refractivity contribution >= 4 is 39.9 Å². The average Bonchev–Trinajstić information content (AvgIpc) is 3.09. The van der Waals surface area contributed by atoms with E-state index in [1.165, 1.54) is 22.3 Å². The van der Waals surface area contributed by atoms with Crippen LogP contribution in [0, 0.1) is 6.92 Å². The van der Waals surface area contributed by atoms with Crippen LogP contribution in [0.4, 0.5) is 5.13 Å². The van der Waals surface area contributed by atoms with Gasteiger partial charge in [0, 0.05) is 24.7 Å². The van der Waals surface area contributed by atoms with Gasteiger partial charge in [-0.15, -0.1) is 10.2 Å². The van der Waals surface area contributed by atoms with Gasteiger partial charge < -0.3 is 4.90 Å². The molecule has 3 rings (SSSR count). The number of hydrogen-bond donors (Lipinski definition) is 1. The summed E-state index contributed by atoms with van der Waals surface area (Å²) in [5.74, 6) is -0.585. The van der Waals surface area contributed by atoms with E-state index in [2.05, 4.69) is 20.5 Å². The summed E-state index contributed by atoms with van der Waals surface area (Å²) >= 11 is 7.23. The number of rotatable bonds is 4. The molecule has 0 aliphatic carbocycles. The van der Waals surface area contributed by atoms with Crippen LogP contribution in [-0.2, 0) is 0 Å². The number of anilines is 1. The summed E-state index contributed by atoms with van der Waals surface area (Å²) in [5, 5.41) is 12.4. The summed E-state index contributed by atoms with van der Waals surface area (Å²) in [6.45, 7) is 1.68. The standard InChI is InChI=1S/C18H16ClN5O2S/c1-10-13(7-8-14(20-10)17(26)24(2)3)15(25)21-18-23-22-16(27-18)11-5-4-6-12(19)9-11/h4-9H,1-3H3,(H,21,23,25). The van der Waals surface area contributed by atoms with Crippen LogP contribution in [0.3, 0.4) is 0 Å². The zero-order valence-corrected chi connectivity index (χ0v) is 16.4. The SMILES string of the molecule is Cc1nc(C(=O)N(C)C)ccc1C(=O)Nc1nnc(-c2cccc(Cl)c2)s1. The van der Waals surface area contributed by atoms with Crippen LogP contribution in [0.25, 0.3) is 10.6 Å². The van der Waals surface area contributed by atoms with E-state index < -0.39 is 0 Å². The molecule has 0 atom stereocenters. The maximum absolute atomic E-state index is 12.5. The van der Waals surface area contributed by atoms with Gasteiger partial charge in [-0.2, -0.15) is 0 Å². The molecular formula is C18H16ClN5O2S. The van der Waals surface area contributed by atoms with Crippen molar-refractivity contribution in [2.75, 3.05) is 19.4 Å². The second-order valence-corrected chi connectivity index (χ2v) is 7.32. The van der Waals surface area contributed by atoms with Gasteiger partial charge in [-0.3, -0.25) is 14.9 Å². The Kier molecular flexibility index (Phi) is 5.48. The van der Waals surface area contributed by atoms with Crippen LogP contribution in [0.1, 0.15) is 26.5 Å². The molecule has 0 aliphatic heterocycles. The highest BCUT2D eigenvalue weighted by atomic mass is 35.5. The Bertz CT molecular complexity index is 1020. The Morgan fingerprint density at radius 3 is 2.59 bits per heavy atom. The third-order valence-corrected chi connectivity index (χ3v) is 4.80. The van der Waals surface area contributed by atoms with Gasteiger partial charge in [0.15, 0.2) is 0 Å². The van der Waals surface area contributed by atoms with Crippen LogP contribution in [0.2, 0.25) is 5.02 Å². The highest BCUT2D eigenvalue weighted by molar-refractivity contribution is 7.18. The molecule has 0 aliphatic rings. The zero-order chi connectivity index (χ0) is 19.6. The van der Waals surface area contributed by atoms with E-state index in [0.717, 1.165) is 5.56 Å². The summed E-state index contributed by atoms with van der Waals surface area (Å²) in [5.41, 5.74) is 1.93. The fourth-order valence-corrected chi connectivity index (χ4v) is 3.25. The van der Waals surface area contributed by atoms with Gasteiger partial charge in [0.05, 0.1) is 11.3 Å². The first kappa shape index (κ1) is 18.9. The summed E-state index contributed by atoms with van der Waals surface area (Å²) in [7, 11) is 3.29. The van der Waals surface area contributed by atoms with Gasteiger partial charge in [-0.1, -0.05) is 35.1 Å². The Balaban J connectivity index is 1.77. The number of hydrogen-bond acceptors (Lipinski definition) is 6. The molecule has 0 radical (unpaired) electrons. The van der Waals surface area contributed by atoms with Gasteiger partial charge in [-0.25, -0.2) is 4.98 Å². The van der Waals surface area contributed by atoms with E-state index in [-0.39, 0.29) is 17.5 Å². The molecule has 0 saturated carbocycles. The van der Waals surface area contributed by atoms with Crippen LogP contribution in [-0.4, -0.2) is 46.0 Å². The zero-order valence-electron chi connectivity index (χ0n) is 14.9. The Labute approximate surface area is 165 Å². The van der Waals surface area contributed by atoms with Crippen molar-refractivity contribution in [2.45, 2.75) is 6.92 Å². The van der Waals surface area contributed by atoms with E-state index in [4.69, 9.17) is 11.6 Å². The minimum absolute atomic E-state index is 0.222. The normalized spacial score (nSPS) is 10.5. The summed E-state index contributed by atoms with van der Waals surface area (Å²) in [4.78, 5) is 30.1. The number of aryl methyl sites for hydroxylation is 1. The molecule has 9 heteroatoms. The van der Waals surface area contributed by atoms with Crippen molar-refractivity contribution in [3.05, 3.63) is 58.4 Å². The lowest BCUT2D eigenvalue weighted by molar-refractivity contribution is 0.0821. The lowest BCUT2D eigenvalue weighted by Gasteiger charge is -2.11. The van der Waals surface area contributed by atoms with E-state index in [0.29, 0.717) is 26.4 Å². The van der Waals surface area contributed by atoms with Crippen LogP contribution in [0.5, 0.6) is 0 Å². The number of carbonyl (C=O) groups is 2. The molecule has 0 saturated heterocycles. The van der Waals surface area contributed by atoms with Gasteiger partial charge >= 0.3 is 0 Å². The number of nitrogens with one attached hydrogen (secondary N) is 1. The number of nitrogens with zero attached hydrogens (tertiary/aromatic N) is 4. The third-order valence-electron chi connectivity index (χ3n) is 3.67. The summed E-state index contributed by atoms with van der Waals surface area (Å²) < 4.78 is 0. The highest BCUT2D eigenvalue weighted by Gasteiger charge is 2.17. The molecule has 2 amide bonds. The number of aromatic nitrogens is 3. The lowest BCUT2D eigenvalue weighted by atomic mass is 10.1. The molecule has 138 valence electrons. The molecule has 1 aromatic carbocycles. The quantitative estimate of drug-likeness (QED) is 0.722.